The summed E-state index contributed by atoms with van der Waals surface area (Å²) in [5.41, 5.74) is 4.55. The van der Waals surface area contributed by atoms with Gasteiger partial charge in [-0.25, -0.2) is 5.84 Å². The number of aromatic hydroxyl groups is 1. The van der Waals surface area contributed by atoms with E-state index in [1.54, 1.807) is 18.2 Å². The summed E-state index contributed by atoms with van der Waals surface area (Å²) in [6.07, 6.45) is 0. The Hall–Kier alpha value is -2.59. The third-order valence-corrected chi connectivity index (χ3v) is 2.64. The minimum absolute atomic E-state index is 0.247. The third kappa shape index (κ3) is 6.40. The molecule has 112 valence electrons. The number of nitrogen functional groups attached to an aromatic ring is 1. The zero-order chi connectivity index (χ0) is 16.3. The minimum Gasteiger partial charge on any atom is -0.508 e. The highest BCUT2D eigenvalue weighted by Gasteiger charge is 2.04. The lowest BCUT2D eigenvalue weighted by Crippen LogP contribution is -2.30. The van der Waals surface area contributed by atoms with Crippen molar-refractivity contribution in [3.8, 4) is 5.75 Å². The molecule has 0 aliphatic rings. The number of nitrogens with two attached hydrogens (primary N) is 1. The molecule has 0 bridgehead atoms. The van der Waals surface area contributed by atoms with Gasteiger partial charge in [-0.15, -0.1) is 13.2 Å². The highest BCUT2D eigenvalue weighted by Crippen LogP contribution is 2.12. The van der Waals surface area contributed by atoms with Gasteiger partial charge in [0.15, 0.2) is 0 Å². The van der Waals surface area contributed by atoms with Gasteiger partial charge in [0.25, 0.3) is 5.91 Å². The summed E-state index contributed by atoms with van der Waals surface area (Å²) in [5, 5.41) is 8.92. The second-order valence-corrected chi connectivity index (χ2v) is 4.07. The fourth-order valence-electron chi connectivity index (χ4n) is 1.47. The smallest absolute Gasteiger partial charge is 0.265 e. The maximum atomic E-state index is 11.0. The fraction of sp³-hybridized carbons (Fsp3) is 0.118. The lowest BCUT2D eigenvalue weighted by Gasteiger charge is -2.01. The molecule has 21 heavy (non-hydrogen) atoms. The molecule has 0 radical (unpaired) electrons. The Morgan fingerprint density at radius 3 is 1.86 bits per heavy atom. The van der Waals surface area contributed by atoms with E-state index in [2.05, 4.69) is 18.6 Å². The first-order valence-electron chi connectivity index (χ1n) is 6.37. The molecule has 2 rings (SSSR count). The Kier molecular flexibility index (Phi) is 8.97. The van der Waals surface area contributed by atoms with Gasteiger partial charge in [-0.3, -0.25) is 10.2 Å². The van der Waals surface area contributed by atoms with Gasteiger partial charge < -0.3 is 5.11 Å². The van der Waals surface area contributed by atoms with Gasteiger partial charge in [-0.2, -0.15) is 0 Å². The van der Waals surface area contributed by atoms with Crippen molar-refractivity contribution in [1.29, 1.82) is 0 Å². The van der Waals surface area contributed by atoms with Gasteiger partial charge in [0, 0.05) is 5.56 Å². The summed E-state index contributed by atoms with van der Waals surface area (Å²) in [5.74, 6) is 5.09. The number of carbonyl (C=O) groups is 1. The van der Waals surface area contributed by atoms with E-state index in [0.29, 0.717) is 11.3 Å². The Morgan fingerprint density at radius 2 is 1.48 bits per heavy atom. The van der Waals surface area contributed by atoms with E-state index < -0.39 is 0 Å². The summed E-state index contributed by atoms with van der Waals surface area (Å²) >= 11 is 0. The van der Waals surface area contributed by atoms with Crippen LogP contribution in [0.3, 0.4) is 0 Å². The number of phenolic OH excluding ortho intramolecular Hbond substituents is 1. The highest BCUT2D eigenvalue weighted by molar-refractivity contribution is 5.95. The molecule has 0 aromatic heterocycles. The first kappa shape index (κ1) is 18.4. The molecule has 4 nitrogen and oxygen atoms in total. The molecule has 4 heteroatoms. The van der Waals surface area contributed by atoms with Crippen LogP contribution in [0.5, 0.6) is 5.75 Å². The molecular weight excluding hydrogens is 264 g/mol. The lowest BCUT2D eigenvalue weighted by atomic mass is 10.1. The fourth-order valence-corrected chi connectivity index (χ4v) is 1.47. The zero-order valence-electron chi connectivity index (χ0n) is 12.5. The van der Waals surface area contributed by atoms with Crippen LogP contribution in [0.4, 0.5) is 0 Å². The largest absolute Gasteiger partial charge is 0.508 e. The maximum absolute atomic E-state index is 11.0. The van der Waals surface area contributed by atoms with Crippen molar-refractivity contribution >= 4 is 5.91 Å². The van der Waals surface area contributed by atoms with Crippen LogP contribution in [0.2, 0.25) is 0 Å². The van der Waals surface area contributed by atoms with Crippen molar-refractivity contribution in [3.05, 3.63) is 78.4 Å². The van der Waals surface area contributed by atoms with Crippen molar-refractivity contribution in [2.75, 3.05) is 0 Å². The van der Waals surface area contributed by atoms with Gasteiger partial charge in [-0.05, 0) is 37.1 Å². The molecule has 0 aliphatic carbocycles. The number of hydrogen-bond donors (Lipinski definition) is 3. The average molecular weight is 286 g/mol. The number of carbonyl (C=O) groups excluding carboxylic acids is 1. The monoisotopic (exact) mass is 286 g/mol. The lowest BCUT2D eigenvalue weighted by molar-refractivity contribution is 0.0953. The topological polar surface area (TPSA) is 75.4 Å². The van der Waals surface area contributed by atoms with Gasteiger partial charge in [0.2, 0.25) is 0 Å². The van der Waals surface area contributed by atoms with Crippen molar-refractivity contribution in [2.24, 2.45) is 5.84 Å². The van der Waals surface area contributed by atoms with E-state index in [4.69, 9.17) is 10.9 Å². The van der Waals surface area contributed by atoms with Crippen molar-refractivity contribution in [1.82, 2.24) is 5.43 Å². The molecule has 2 aromatic rings. The predicted molar refractivity (Wildman–Crippen MR) is 86.9 cm³/mol. The second kappa shape index (κ2) is 10.2. The number of benzene rings is 2. The molecule has 0 saturated carbocycles. The Bertz CT molecular complexity index is 547. The van der Waals surface area contributed by atoms with E-state index in [1.807, 2.05) is 44.2 Å². The Morgan fingerprint density at radius 1 is 1.00 bits per heavy atom. The van der Waals surface area contributed by atoms with Crippen LogP contribution < -0.4 is 11.3 Å². The normalized spacial score (nSPS) is 8.52. The average Bonchev–Trinajstić information content (AvgIpc) is 2.52. The summed E-state index contributed by atoms with van der Waals surface area (Å²) in [7, 11) is 0. The molecule has 0 fully saturated rings. The standard InChI is InChI=1S/C8H10N2O.C7H8O.C2H4/c1-6-4-2-3-5-7(6)8(11)10-9;1-6-4-2-3-5-7(6)8;1-2/h2-5H,9H2,1H3,(H,10,11);2-5,8H,1H3;1-2H2. The molecule has 0 spiro atoms. The number of hydrogen-bond acceptors (Lipinski definition) is 3. The molecular formula is C17H22N2O2. The minimum atomic E-state index is -0.247. The number of para-hydroxylation sites is 1. The Balaban J connectivity index is 0.000000354. The van der Waals surface area contributed by atoms with Crippen LogP contribution in [-0.4, -0.2) is 11.0 Å². The van der Waals surface area contributed by atoms with Gasteiger partial charge in [-0.1, -0.05) is 36.4 Å². The Labute approximate surface area is 125 Å². The number of amides is 1. The quantitative estimate of drug-likeness (QED) is 0.326. The maximum Gasteiger partial charge on any atom is 0.265 e. The summed E-state index contributed by atoms with van der Waals surface area (Å²) in [6, 6.07) is 14.5. The van der Waals surface area contributed by atoms with Gasteiger partial charge in [0.05, 0.1) is 0 Å². The van der Waals surface area contributed by atoms with E-state index in [0.717, 1.165) is 11.1 Å². The van der Waals surface area contributed by atoms with Gasteiger partial charge in [0.1, 0.15) is 5.75 Å². The number of phenols is 1. The molecule has 2 aromatic carbocycles. The first-order chi connectivity index (χ1) is 10.1. The number of rotatable bonds is 1. The number of hydrazine groups is 1. The van der Waals surface area contributed by atoms with Crippen LogP contribution in [-0.2, 0) is 0 Å². The molecule has 0 saturated heterocycles. The molecule has 0 unspecified atom stereocenters. The van der Waals surface area contributed by atoms with Crippen molar-refractivity contribution in [3.63, 3.8) is 0 Å². The van der Waals surface area contributed by atoms with Crippen LogP contribution in [0.25, 0.3) is 0 Å². The highest BCUT2D eigenvalue weighted by atomic mass is 16.3. The summed E-state index contributed by atoms with van der Waals surface area (Å²) in [4.78, 5) is 11.0. The van der Waals surface area contributed by atoms with Crippen LogP contribution >= 0.6 is 0 Å². The molecule has 0 atom stereocenters. The van der Waals surface area contributed by atoms with Crippen molar-refractivity contribution < 1.29 is 9.90 Å². The first-order valence-corrected chi connectivity index (χ1v) is 6.37. The summed E-state index contributed by atoms with van der Waals surface area (Å²) in [6.45, 7) is 9.74. The van der Waals surface area contributed by atoms with E-state index in [1.165, 1.54) is 0 Å². The van der Waals surface area contributed by atoms with Crippen LogP contribution in [0, 0.1) is 13.8 Å². The van der Waals surface area contributed by atoms with E-state index in [-0.39, 0.29) is 5.91 Å². The third-order valence-electron chi connectivity index (χ3n) is 2.64. The van der Waals surface area contributed by atoms with Crippen molar-refractivity contribution in [2.45, 2.75) is 13.8 Å². The van der Waals surface area contributed by atoms with Crippen LogP contribution in [0.1, 0.15) is 21.5 Å². The molecule has 4 N–H and O–H groups in total. The van der Waals surface area contributed by atoms with Crippen LogP contribution in [0.15, 0.2) is 61.7 Å². The molecule has 0 aliphatic heterocycles. The van der Waals surface area contributed by atoms with E-state index >= 15 is 0 Å². The molecule has 1 amide bonds. The van der Waals surface area contributed by atoms with E-state index in [9.17, 15) is 4.79 Å². The predicted octanol–water partition coefficient (Wildman–Crippen LogP) is 3.10. The molecule has 0 heterocycles. The van der Waals surface area contributed by atoms with Gasteiger partial charge >= 0.3 is 0 Å². The number of nitrogens with one attached hydrogen (secondary N) is 1. The summed E-state index contributed by atoms with van der Waals surface area (Å²) < 4.78 is 0. The number of aryl methyl sites for hydroxylation is 2. The zero-order valence-corrected chi connectivity index (χ0v) is 12.5. The SMILES string of the molecule is C=C.Cc1ccccc1C(=O)NN.Cc1ccccc1O. The second-order valence-electron chi connectivity index (χ2n) is 4.07.